The van der Waals surface area contributed by atoms with E-state index in [1.165, 1.54) is 11.3 Å². The minimum Gasteiger partial charge on any atom is -0.491 e. The van der Waals surface area contributed by atoms with Gasteiger partial charge in [0.25, 0.3) is 0 Å². The zero-order valence-electron chi connectivity index (χ0n) is 15.1. The van der Waals surface area contributed by atoms with Gasteiger partial charge in [0.15, 0.2) is 0 Å². The molecule has 24 heavy (non-hydrogen) atoms. The van der Waals surface area contributed by atoms with Gasteiger partial charge in [0, 0.05) is 58.6 Å². The second-order valence-electron chi connectivity index (χ2n) is 6.30. The molecule has 1 fully saturated rings. The number of methoxy groups -OCH3 is 1. The van der Waals surface area contributed by atoms with Gasteiger partial charge in [0.1, 0.15) is 12.4 Å². The molecule has 5 heteroatoms. The summed E-state index contributed by atoms with van der Waals surface area (Å²) in [6.07, 6.45) is 0. The molecule has 0 aromatic heterocycles. The van der Waals surface area contributed by atoms with Crippen LogP contribution in [0.1, 0.15) is 6.92 Å². The summed E-state index contributed by atoms with van der Waals surface area (Å²) >= 11 is 0. The fourth-order valence-corrected chi connectivity index (χ4v) is 2.76. The van der Waals surface area contributed by atoms with Crippen molar-refractivity contribution in [1.82, 2.24) is 10.2 Å². The molecule has 0 saturated carbocycles. The smallest absolute Gasteiger partial charge is 0.119 e. The number of rotatable bonds is 10. The molecule has 1 aliphatic heterocycles. The monoisotopic (exact) mass is 333 g/mol. The van der Waals surface area contributed by atoms with Gasteiger partial charge < -0.3 is 19.7 Å². The average molecular weight is 333 g/mol. The van der Waals surface area contributed by atoms with Gasteiger partial charge in [0.05, 0.1) is 6.61 Å². The van der Waals surface area contributed by atoms with Crippen LogP contribution in [0.4, 0.5) is 5.69 Å². The first-order valence-corrected chi connectivity index (χ1v) is 8.73. The number of piperazine rings is 1. The summed E-state index contributed by atoms with van der Waals surface area (Å²) in [5.74, 6) is 0.901. The molecule has 0 unspecified atom stereocenters. The Kier molecular flexibility index (Phi) is 8.08. The summed E-state index contributed by atoms with van der Waals surface area (Å²) in [7, 11) is 1.68. The minimum atomic E-state index is 0.591. The molecule has 1 heterocycles. The van der Waals surface area contributed by atoms with Gasteiger partial charge in [0.2, 0.25) is 0 Å². The number of hydrogen-bond donors (Lipinski definition) is 1. The van der Waals surface area contributed by atoms with Gasteiger partial charge in [-0.1, -0.05) is 12.2 Å². The summed E-state index contributed by atoms with van der Waals surface area (Å²) in [5, 5.41) is 3.42. The van der Waals surface area contributed by atoms with Gasteiger partial charge in [-0.3, -0.25) is 4.90 Å². The predicted octanol–water partition coefficient (Wildman–Crippen LogP) is 2.00. The van der Waals surface area contributed by atoms with Crippen molar-refractivity contribution in [2.45, 2.75) is 6.92 Å². The van der Waals surface area contributed by atoms with Crippen LogP contribution < -0.4 is 15.0 Å². The van der Waals surface area contributed by atoms with Gasteiger partial charge in [-0.05, 0) is 31.2 Å². The third-order valence-electron chi connectivity index (χ3n) is 4.16. The number of anilines is 1. The highest BCUT2D eigenvalue weighted by atomic mass is 16.5. The third kappa shape index (κ3) is 6.51. The third-order valence-corrected chi connectivity index (χ3v) is 4.16. The molecule has 1 saturated heterocycles. The Labute approximate surface area is 146 Å². The maximum absolute atomic E-state index is 5.61. The molecule has 1 aliphatic rings. The zero-order chi connectivity index (χ0) is 17.2. The number of benzene rings is 1. The Morgan fingerprint density at radius 1 is 1.12 bits per heavy atom. The van der Waals surface area contributed by atoms with Crippen LogP contribution in [0.15, 0.2) is 36.4 Å². The van der Waals surface area contributed by atoms with Crippen LogP contribution in [0, 0.1) is 0 Å². The first kappa shape index (κ1) is 18.8. The molecule has 0 atom stereocenters. The van der Waals surface area contributed by atoms with Crippen LogP contribution in [-0.2, 0) is 4.74 Å². The van der Waals surface area contributed by atoms with E-state index in [0.717, 1.165) is 51.6 Å². The van der Waals surface area contributed by atoms with E-state index in [9.17, 15) is 0 Å². The Morgan fingerprint density at radius 2 is 1.83 bits per heavy atom. The largest absolute Gasteiger partial charge is 0.491 e. The van der Waals surface area contributed by atoms with Gasteiger partial charge in [-0.15, -0.1) is 0 Å². The van der Waals surface area contributed by atoms with Gasteiger partial charge in [-0.25, -0.2) is 0 Å². The predicted molar refractivity (Wildman–Crippen MR) is 100 cm³/mol. The number of nitrogens with one attached hydrogen (secondary N) is 1. The molecular formula is C19H31N3O2. The number of hydrogen-bond acceptors (Lipinski definition) is 5. The molecule has 0 amide bonds. The highest BCUT2D eigenvalue weighted by Crippen LogP contribution is 2.20. The second-order valence-corrected chi connectivity index (χ2v) is 6.30. The molecule has 1 aromatic carbocycles. The van der Waals surface area contributed by atoms with Crippen molar-refractivity contribution in [2.24, 2.45) is 0 Å². The summed E-state index contributed by atoms with van der Waals surface area (Å²) in [6, 6.07) is 8.37. The van der Waals surface area contributed by atoms with E-state index in [4.69, 9.17) is 9.47 Å². The van der Waals surface area contributed by atoms with Gasteiger partial charge in [-0.2, -0.15) is 0 Å². The van der Waals surface area contributed by atoms with Crippen LogP contribution in [0.3, 0.4) is 0 Å². The molecule has 2 rings (SSSR count). The lowest BCUT2D eigenvalue weighted by Gasteiger charge is -2.36. The summed E-state index contributed by atoms with van der Waals surface area (Å²) in [4.78, 5) is 4.96. The van der Waals surface area contributed by atoms with Crippen LogP contribution in [0.5, 0.6) is 5.75 Å². The Hall–Kier alpha value is -1.56. The van der Waals surface area contributed by atoms with E-state index in [-0.39, 0.29) is 0 Å². The standard InChI is InChI=1S/C19H31N3O2/c1-17(2)16-20-8-9-21-10-12-22(13-11-21)18-4-6-19(7-5-18)24-15-14-23-3/h4-7,20H,1,8-16H2,2-3H3. The van der Waals surface area contributed by atoms with E-state index in [0.29, 0.717) is 13.2 Å². The lowest BCUT2D eigenvalue weighted by molar-refractivity contribution is 0.146. The van der Waals surface area contributed by atoms with Crippen molar-refractivity contribution < 1.29 is 9.47 Å². The van der Waals surface area contributed by atoms with E-state index in [1.54, 1.807) is 7.11 Å². The van der Waals surface area contributed by atoms with Crippen molar-refractivity contribution in [3.05, 3.63) is 36.4 Å². The zero-order valence-corrected chi connectivity index (χ0v) is 15.1. The quantitative estimate of drug-likeness (QED) is 0.524. The molecule has 1 N–H and O–H groups in total. The number of ether oxygens (including phenoxy) is 2. The average Bonchev–Trinajstić information content (AvgIpc) is 2.60. The molecule has 0 bridgehead atoms. The van der Waals surface area contributed by atoms with Crippen LogP contribution in [0.25, 0.3) is 0 Å². The molecule has 0 aliphatic carbocycles. The van der Waals surface area contributed by atoms with Crippen molar-refractivity contribution in [3.63, 3.8) is 0 Å². The Morgan fingerprint density at radius 3 is 2.46 bits per heavy atom. The topological polar surface area (TPSA) is 37.0 Å². The van der Waals surface area contributed by atoms with Crippen LogP contribution >= 0.6 is 0 Å². The Balaban J connectivity index is 1.69. The van der Waals surface area contributed by atoms with Crippen molar-refractivity contribution in [3.8, 4) is 5.75 Å². The first-order valence-electron chi connectivity index (χ1n) is 8.73. The number of nitrogens with zero attached hydrogens (tertiary/aromatic N) is 2. The van der Waals surface area contributed by atoms with E-state index in [1.807, 2.05) is 12.1 Å². The molecule has 5 nitrogen and oxygen atoms in total. The second kappa shape index (κ2) is 10.3. The lowest BCUT2D eigenvalue weighted by atomic mass is 10.2. The Bertz CT molecular complexity index is 482. The van der Waals surface area contributed by atoms with Crippen molar-refractivity contribution >= 4 is 5.69 Å². The first-order chi connectivity index (χ1) is 11.7. The molecule has 1 aromatic rings. The van der Waals surface area contributed by atoms with Crippen molar-refractivity contribution in [2.75, 3.05) is 71.0 Å². The van der Waals surface area contributed by atoms with Crippen LogP contribution in [0.2, 0.25) is 0 Å². The maximum atomic E-state index is 5.61. The summed E-state index contributed by atoms with van der Waals surface area (Å²) in [6.45, 7) is 14.6. The maximum Gasteiger partial charge on any atom is 0.119 e. The van der Waals surface area contributed by atoms with Gasteiger partial charge >= 0.3 is 0 Å². The molecular weight excluding hydrogens is 302 g/mol. The molecule has 134 valence electrons. The minimum absolute atomic E-state index is 0.591. The van der Waals surface area contributed by atoms with E-state index >= 15 is 0 Å². The summed E-state index contributed by atoms with van der Waals surface area (Å²) in [5.41, 5.74) is 2.46. The normalized spacial score (nSPS) is 15.5. The van der Waals surface area contributed by atoms with E-state index in [2.05, 4.69) is 40.8 Å². The fourth-order valence-electron chi connectivity index (χ4n) is 2.76. The fraction of sp³-hybridized carbons (Fsp3) is 0.579. The summed E-state index contributed by atoms with van der Waals surface area (Å²) < 4.78 is 10.6. The molecule has 0 radical (unpaired) electrons. The van der Waals surface area contributed by atoms with Crippen LogP contribution in [-0.4, -0.2) is 71.0 Å². The van der Waals surface area contributed by atoms with Crippen molar-refractivity contribution in [1.29, 1.82) is 0 Å². The molecule has 0 spiro atoms. The lowest BCUT2D eigenvalue weighted by Crippen LogP contribution is -2.48. The SMILES string of the molecule is C=C(C)CNCCN1CCN(c2ccc(OCCOC)cc2)CC1. The highest BCUT2D eigenvalue weighted by Gasteiger charge is 2.16. The highest BCUT2D eigenvalue weighted by molar-refractivity contribution is 5.49. The van der Waals surface area contributed by atoms with E-state index < -0.39 is 0 Å².